The molecule has 1 aliphatic heterocycles. The normalized spacial score (nSPS) is 14.9. The van der Waals surface area contributed by atoms with Gasteiger partial charge in [-0.1, -0.05) is 12.1 Å². The number of para-hydroxylation sites is 1. The molecule has 26 heavy (non-hydrogen) atoms. The van der Waals surface area contributed by atoms with Crippen LogP contribution >= 0.6 is 0 Å². The van der Waals surface area contributed by atoms with E-state index in [1.54, 1.807) is 31.4 Å². The summed E-state index contributed by atoms with van der Waals surface area (Å²) in [6.45, 7) is 4.25. The van der Waals surface area contributed by atoms with Gasteiger partial charge in [0.05, 0.1) is 12.7 Å². The minimum atomic E-state index is -0.270. The number of rotatable bonds is 6. The molecule has 1 amide bonds. The zero-order valence-corrected chi connectivity index (χ0v) is 14.9. The predicted octanol–water partition coefficient (Wildman–Crippen LogP) is 2.67. The smallest absolute Gasteiger partial charge is 0.257 e. The van der Waals surface area contributed by atoms with E-state index < -0.39 is 0 Å². The fourth-order valence-electron chi connectivity index (χ4n) is 2.99. The van der Waals surface area contributed by atoms with Gasteiger partial charge in [0, 0.05) is 32.7 Å². The van der Waals surface area contributed by atoms with E-state index in [0.29, 0.717) is 36.8 Å². The summed E-state index contributed by atoms with van der Waals surface area (Å²) in [5.41, 5.74) is 0.600. The van der Waals surface area contributed by atoms with E-state index in [1.165, 1.54) is 12.1 Å². The van der Waals surface area contributed by atoms with Crippen LogP contribution in [-0.2, 0) is 0 Å². The molecule has 6 heteroatoms. The molecule has 2 aromatic rings. The maximum absolute atomic E-state index is 12.9. The Hall–Kier alpha value is -2.60. The number of carbonyl (C=O) groups excluding carboxylic acids is 1. The van der Waals surface area contributed by atoms with Gasteiger partial charge in [0.2, 0.25) is 0 Å². The van der Waals surface area contributed by atoms with E-state index in [2.05, 4.69) is 4.90 Å². The lowest BCUT2D eigenvalue weighted by Crippen LogP contribution is -2.49. The van der Waals surface area contributed by atoms with Crippen molar-refractivity contribution < 1.29 is 18.7 Å². The van der Waals surface area contributed by atoms with Gasteiger partial charge in [-0.25, -0.2) is 4.39 Å². The number of hydrogen-bond acceptors (Lipinski definition) is 4. The third-order valence-corrected chi connectivity index (χ3v) is 4.49. The lowest BCUT2D eigenvalue weighted by atomic mass is 10.1. The summed E-state index contributed by atoms with van der Waals surface area (Å²) in [7, 11) is 1.57. The van der Waals surface area contributed by atoms with E-state index in [9.17, 15) is 9.18 Å². The van der Waals surface area contributed by atoms with Crippen LogP contribution in [0.4, 0.5) is 4.39 Å². The molecule has 3 rings (SSSR count). The van der Waals surface area contributed by atoms with Gasteiger partial charge in [-0.3, -0.25) is 9.69 Å². The van der Waals surface area contributed by atoms with Crippen molar-refractivity contribution in [3.8, 4) is 11.5 Å². The topological polar surface area (TPSA) is 42.0 Å². The summed E-state index contributed by atoms with van der Waals surface area (Å²) in [6.07, 6.45) is 0. The highest BCUT2D eigenvalue weighted by Crippen LogP contribution is 2.20. The second kappa shape index (κ2) is 8.67. The first-order valence-corrected chi connectivity index (χ1v) is 8.70. The third-order valence-electron chi connectivity index (χ3n) is 4.49. The van der Waals surface area contributed by atoms with Crippen LogP contribution in [0.2, 0.25) is 0 Å². The summed E-state index contributed by atoms with van der Waals surface area (Å²) in [5, 5.41) is 0. The van der Waals surface area contributed by atoms with Crippen LogP contribution in [0.5, 0.6) is 11.5 Å². The van der Waals surface area contributed by atoms with Crippen LogP contribution in [-0.4, -0.2) is 62.1 Å². The Kier molecular flexibility index (Phi) is 6.07. The van der Waals surface area contributed by atoms with Gasteiger partial charge >= 0.3 is 0 Å². The lowest BCUT2D eigenvalue weighted by molar-refractivity contribution is 0.0617. The summed E-state index contributed by atoms with van der Waals surface area (Å²) < 4.78 is 23.8. The number of benzene rings is 2. The summed E-state index contributed by atoms with van der Waals surface area (Å²) in [5.74, 6) is 1.00. The van der Waals surface area contributed by atoms with Gasteiger partial charge in [0.15, 0.2) is 0 Å². The highest BCUT2D eigenvalue weighted by Gasteiger charge is 2.23. The van der Waals surface area contributed by atoms with Crippen LogP contribution in [0.15, 0.2) is 48.5 Å². The second-order valence-electron chi connectivity index (χ2n) is 6.14. The van der Waals surface area contributed by atoms with Gasteiger partial charge < -0.3 is 14.4 Å². The van der Waals surface area contributed by atoms with Gasteiger partial charge in [-0.05, 0) is 36.4 Å². The first kappa shape index (κ1) is 18.2. The Balaban J connectivity index is 1.45. The van der Waals surface area contributed by atoms with E-state index in [0.717, 1.165) is 19.6 Å². The number of amides is 1. The van der Waals surface area contributed by atoms with Crippen molar-refractivity contribution in [2.45, 2.75) is 0 Å². The molecule has 1 fully saturated rings. The molecule has 0 radical (unpaired) electrons. The molecule has 1 heterocycles. The van der Waals surface area contributed by atoms with Crippen molar-refractivity contribution in [1.29, 1.82) is 0 Å². The lowest BCUT2D eigenvalue weighted by Gasteiger charge is -2.34. The molecule has 5 nitrogen and oxygen atoms in total. The van der Waals surface area contributed by atoms with Crippen molar-refractivity contribution in [1.82, 2.24) is 9.80 Å². The Morgan fingerprint density at radius 3 is 2.42 bits per heavy atom. The van der Waals surface area contributed by atoms with Crippen LogP contribution in [0, 0.1) is 5.82 Å². The molecule has 138 valence electrons. The van der Waals surface area contributed by atoms with E-state index in [4.69, 9.17) is 9.47 Å². The minimum Gasteiger partial charge on any atom is -0.496 e. The molecule has 1 aliphatic rings. The van der Waals surface area contributed by atoms with Gasteiger partial charge in [0.25, 0.3) is 5.91 Å². The van der Waals surface area contributed by atoms with Gasteiger partial charge in [-0.15, -0.1) is 0 Å². The molecular weight excluding hydrogens is 335 g/mol. The van der Waals surface area contributed by atoms with Crippen molar-refractivity contribution in [3.05, 3.63) is 59.9 Å². The first-order valence-electron chi connectivity index (χ1n) is 8.70. The Morgan fingerprint density at radius 1 is 1.04 bits per heavy atom. The average Bonchev–Trinajstić information content (AvgIpc) is 2.69. The molecule has 0 spiro atoms. The SMILES string of the molecule is COc1ccccc1C(=O)N1CCN(CCOc2ccc(F)cc2)CC1. The molecule has 2 aromatic carbocycles. The molecule has 1 saturated heterocycles. The largest absolute Gasteiger partial charge is 0.496 e. The van der Waals surface area contributed by atoms with Crippen LogP contribution in [0.1, 0.15) is 10.4 Å². The highest BCUT2D eigenvalue weighted by molar-refractivity contribution is 5.97. The van der Waals surface area contributed by atoms with Crippen molar-refractivity contribution in [3.63, 3.8) is 0 Å². The highest BCUT2D eigenvalue weighted by atomic mass is 19.1. The Morgan fingerprint density at radius 2 is 1.73 bits per heavy atom. The van der Waals surface area contributed by atoms with E-state index in [1.807, 2.05) is 17.0 Å². The van der Waals surface area contributed by atoms with Crippen molar-refractivity contribution in [2.75, 3.05) is 46.4 Å². The summed E-state index contributed by atoms with van der Waals surface area (Å²) in [6, 6.07) is 13.3. The predicted molar refractivity (Wildman–Crippen MR) is 97.2 cm³/mol. The molecular formula is C20H23FN2O3. The van der Waals surface area contributed by atoms with Crippen LogP contribution in [0.3, 0.4) is 0 Å². The number of piperazine rings is 1. The zero-order valence-electron chi connectivity index (χ0n) is 14.9. The van der Waals surface area contributed by atoms with E-state index >= 15 is 0 Å². The number of nitrogens with zero attached hydrogens (tertiary/aromatic N) is 2. The standard InChI is InChI=1S/C20H23FN2O3/c1-25-19-5-3-2-4-18(19)20(24)23-12-10-22(11-13-23)14-15-26-17-8-6-16(21)7-9-17/h2-9H,10-15H2,1H3. The molecule has 0 bridgehead atoms. The number of halogens is 1. The van der Waals surface area contributed by atoms with E-state index in [-0.39, 0.29) is 11.7 Å². The molecule has 0 atom stereocenters. The summed E-state index contributed by atoms with van der Waals surface area (Å²) in [4.78, 5) is 16.8. The number of methoxy groups -OCH3 is 1. The van der Waals surface area contributed by atoms with Crippen molar-refractivity contribution >= 4 is 5.91 Å². The Labute approximate surface area is 152 Å². The molecule has 0 aliphatic carbocycles. The number of hydrogen-bond donors (Lipinski definition) is 0. The van der Waals surface area contributed by atoms with Crippen molar-refractivity contribution in [2.24, 2.45) is 0 Å². The number of ether oxygens (including phenoxy) is 2. The van der Waals surface area contributed by atoms with Gasteiger partial charge in [-0.2, -0.15) is 0 Å². The molecule has 0 unspecified atom stereocenters. The first-order chi connectivity index (χ1) is 12.7. The zero-order chi connectivity index (χ0) is 18.4. The molecule has 0 N–H and O–H groups in total. The summed E-state index contributed by atoms with van der Waals surface area (Å²) >= 11 is 0. The Bertz CT molecular complexity index is 728. The maximum atomic E-state index is 12.9. The minimum absolute atomic E-state index is 0.00432. The van der Waals surface area contributed by atoms with Crippen LogP contribution in [0.25, 0.3) is 0 Å². The fraction of sp³-hybridized carbons (Fsp3) is 0.350. The number of carbonyl (C=O) groups is 1. The molecule has 0 aromatic heterocycles. The molecule has 0 saturated carbocycles. The monoisotopic (exact) mass is 358 g/mol. The quantitative estimate of drug-likeness (QED) is 0.796. The fourth-order valence-corrected chi connectivity index (χ4v) is 2.99. The maximum Gasteiger partial charge on any atom is 0.257 e. The second-order valence-corrected chi connectivity index (χ2v) is 6.14. The van der Waals surface area contributed by atoms with Gasteiger partial charge in [0.1, 0.15) is 23.9 Å². The van der Waals surface area contributed by atoms with Crippen LogP contribution < -0.4 is 9.47 Å². The average molecular weight is 358 g/mol. The third kappa shape index (κ3) is 4.52.